The molecule has 3 rings (SSSR count). The first-order valence-electron chi connectivity index (χ1n) is 9.24. The normalized spacial score (nSPS) is 12.7. The molecule has 0 heterocycles. The molecule has 3 aromatic rings. The molecule has 1 unspecified atom stereocenters. The Morgan fingerprint density at radius 1 is 0.769 bits per heavy atom. The number of benzene rings is 3. The second kappa shape index (κ2) is 8.79. The van der Waals surface area contributed by atoms with Gasteiger partial charge in [-0.3, -0.25) is 0 Å². The predicted octanol–water partition coefficient (Wildman–Crippen LogP) is 4.19. The quantitative estimate of drug-likeness (QED) is 0.642. The zero-order valence-corrected chi connectivity index (χ0v) is 15.3. The molecule has 26 heavy (non-hydrogen) atoms. The van der Waals surface area contributed by atoms with Crippen molar-refractivity contribution < 1.29 is 5.11 Å². The largest absolute Gasteiger partial charge is 0.395 e. The number of hydrogen-bond donors (Lipinski definition) is 2. The first kappa shape index (κ1) is 18.4. The molecule has 0 radical (unpaired) electrons. The lowest BCUT2D eigenvalue weighted by Crippen LogP contribution is -2.45. The Morgan fingerprint density at radius 2 is 1.23 bits per heavy atom. The van der Waals surface area contributed by atoms with Gasteiger partial charge in [0.05, 0.1) is 12.0 Å². The van der Waals surface area contributed by atoms with E-state index < -0.39 is 5.41 Å². The summed E-state index contributed by atoms with van der Waals surface area (Å²) in [6, 6.07) is 31.4. The van der Waals surface area contributed by atoms with E-state index in [-0.39, 0.29) is 6.61 Å². The molecular formula is C24H27NO. The van der Waals surface area contributed by atoms with Crippen LogP contribution >= 0.6 is 0 Å². The third-order valence-electron chi connectivity index (χ3n) is 5.06. The van der Waals surface area contributed by atoms with Gasteiger partial charge in [-0.05, 0) is 30.0 Å². The van der Waals surface area contributed by atoms with Crippen molar-refractivity contribution in [3.8, 4) is 0 Å². The van der Waals surface area contributed by atoms with E-state index in [1.807, 2.05) is 42.5 Å². The summed E-state index contributed by atoms with van der Waals surface area (Å²) in [7, 11) is 0. The Morgan fingerprint density at radius 3 is 1.69 bits per heavy atom. The molecule has 0 aliphatic rings. The number of aliphatic hydroxyl groups is 1. The fourth-order valence-corrected chi connectivity index (χ4v) is 3.51. The molecular weight excluding hydrogens is 318 g/mol. The van der Waals surface area contributed by atoms with Gasteiger partial charge in [-0.25, -0.2) is 0 Å². The molecule has 134 valence electrons. The highest BCUT2D eigenvalue weighted by Gasteiger charge is 2.33. The molecule has 0 aromatic heterocycles. The van der Waals surface area contributed by atoms with Gasteiger partial charge in [0.25, 0.3) is 0 Å². The number of rotatable bonds is 8. The van der Waals surface area contributed by atoms with E-state index in [0.29, 0.717) is 12.6 Å². The highest BCUT2D eigenvalue weighted by atomic mass is 16.3. The van der Waals surface area contributed by atoms with Gasteiger partial charge in [0.1, 0.15) is 0 Å². The molecule has 0 aliphatic carbocycles. The summed E-state index contributed by atoms with van der Waals surface area (Å²) in [5.74, 6) is 0. The molecule has 0 aliphatic heterocycles. The molecule has 0 bridgehead atoms. The summed E-state index contributed by atoms with van der Waals surface area (Å²) in [5, 5.41) is 14.1. The molecule has 0 saturated carbocycles. The summed E-state index contributed by atoms with van der Waals surface area (Å²) in [4.78, 5) is 0. The van der Waals surface area contributed by atoms with Crippen molar-refractivity contribution in [3.05, 3.63) is 108 Å². The van der Waals surface area contributed by atoms with Gasteiger partial charge in [-0.2, -0.15) is 0 Å². The third kappa shape index (κ3) is 4.21. The second-order valence-corrected chi connectivity index (χ2v) is 6.94. The van der Waals surface area contributed by atoms with E-state index in [4.69, 9.17) is 0 Å². The Kier molecular flexibility index (Phi) is 6.21. The van der Waals surface area contributed by atoms with Crippen LogP contribution in [-0.2, 0) is 11.8 Å². The maximum absolute atomic E-state index is 10.4. The first-order chi connectivity index (χ1) is 12.7. The smallest absolute Gasteiger partial charge is 0.0581 e. The van der Waals surface area contributed by atoms with Crippen LogP contribution < -0.4 is 5.32 Å². The average molecular weight is 345 g/mol. The van der Waals surface area contributed by atoms with Crippen LogP contribution in [0.15, 0.2) is 91.0 Å². The molecule has 0 spiro atoms. The molecule has 0 saturated heterocycles. The maximum Gasteiger partial charge on any atom is 0.0581 e. The standard InChI is InChI=1S/C24H27NO/c1-20(17-21-11-5-2-6-12-21)25-18-24(19-26,22-13-7-3-8-14-22)23-15-9-4-10-16-23/h2-16,20,25-26H,17-19H2,1H3. The maximum atomic E-state index is 10.4. The number of hydrogen-bond acceptors (Lipinski definition) is 2. The highest BCUT2D eigenvalue weighted by Crippen LogP contribution is 2.31. The summed E-state index contributed by atoms with van der Waals surface area (Å²) < 4.78 is 0. The van der Waals surface area contributed by atoms with E-state index in [0.717, 1.165) is 17.5 Å². The van der Waals surface area contributed by atoms with Gasteiger partial charge in [0.2, 0.25) is 0 Å². The number of nitrogens with one attached hydrogen (secondary N) is 1. The SMILES string of the molecule is CC(Cc1ccccc1)NCC(CO)(c1ccccc1)c1ccccc1. The van der Waals surface area contributed by atoms with Crippen molar-refractivity contribution in [2.24, 2.45) is 0 Å². The number of aliphatic hydroxyl groups excluding tert-OH is 1. The minimum absolute atomic E-state index is 0.0616. The van der Waals surface area contributed by atoms with Crippen LogP contribution in [0.25, 0.3) is 0 Å². The molecule has 0 amide bonds. The van der Waals surface area contributed by atoms with Crippen molar-refractivity contribution in [2.75, 3.05) is 13.2 Å². The van der Waals surface area contributed by atoms with Gasteiger partial charge < -0.3 is 10.4 Å². The average Bonchev–Trinajstić information content (AvgIpc) is 2.71. The van der Waals surface area contributed by atoms with Gasteiger partial charge in [-0.1, -0.05) is 91.0 Å². The van der Waals surface area contributed by atoms with Crippen LogP contribution in [-0.4, -0.2) is 24.3 Å². The van der Waals surface area contributed by atoms with Gasteiger partial charge in [-0.15, -0.1) is 0 Å². The summed E-state index contributed by atoms with van der Waals surface area (Å²) in [6.45, 7) is 2.95. The molecule has 2 heteroatoms. The van der Waals surface area contributed by atoms with Crippen molar-refractivity contribution in [1.82, 2.24) is 5.32 Å². The van der Waals surface area contributed by atoms with Crippen molar-refractivity contribution in [2.45, 2.75) is 24.8 Å². The van der Waals surface area contributed by atoms with Crippen molar-refractivity contribution in [1.29, 1.82) is 0 Å². The molecule has 2 N–H and O–H groups in total. The van der Waals surface area contributed by atoms with E-state index in [1.165, 1.54) is 5.56 Å². The van der Waals surface area contributed by atoms with Crippen molar-refractivity contribution >= 4 is 0 Å². The predicted molar refractivity (Wildman–Crippen MR) is 108 cm³/mol. The van der Waals surface area contributed by atoms with Gasteiger partial charge in [0.15, 0.2) is 0 Å². The summed E-state index contributed by atoms with van der Waals surface area (Å²) >= 11 is 0. The second-order valence-electron chi connectivity index (χ2n) is 6.94. The van der Waals surface area contributed by atoms with Gasteiger partial charge in [0, 0.05) is 12.6 Å². The fraction of sp³-hybridized carbons (Fsp3) is 0.250. The molecule has 1 atom stereocenters. The minimum atomic E-state index is -0.451. The molecule has 2 nitrogen and oxygen atoms in total. The molecule has 3 aromatic carbocycles. The Bertz CT molecular complexity index is 732. The van der Waals surface area contributed by atoms with Crippen LogP contribution in [0.5, 0.6) is 0 Å². The van der Waals surface area contributed by atoms with Crippen LogP contribution in [0.4, 0.5) is 0 Å². The minimum Gasteiger partial charge on any atom is -0.395 e. The third-order valence-corrected chi connectivity index (χ3v) is 5.06. The Hall–Kier alpha value is -2.42. The Labute approximate surface area is 156 Å². The van der Waals surface area contributed by atoms with Crippen molar-refractivity contribution in [3.63, 3.8) is 0 Å². The van der Waals surface area contributed by atoms with E-state index in [1.54, 1.807) is 0 Å². The van der Waals surface area contributed by atoms with Crippen LogP contribution in [0.2, 0.25) is 0 Å². The first-order valence-corrected chi connectivity index (χ1v) is 9.24. The lowest BCUT2D eigenvalue weighted by molar-refractivity contribution is 0.212. The highest BCUT2D eigenvalue weighted by molar-refractivity contribution is 5.40. The zero-order chi connectivity index (χ0) is 18.2. The van der Waals surface area contributed by atoms with Crippen LogP contribution in [0.3, 0.4) is 0 Å². The van der Waals surface area contributed by atoms with Gasteiger partial charge >= 0.3 is 0 Å². The fourth-order valence-electron chi connectivity index (χ4n) is 3.51. The molecule has 0 fully saturated rings. The summed E-state index contributed by atoms with van der Waals surface area (Å²) in [6.07, 6.45) is 0.964. The summed E-state index contributed by atoms with van der Waals surface area (Å²) in [5.41, 5.74) is 3.13. The lowest BCUT2D eigenvalue weighted by atomic mass is 9.75. The lowest BCUT2D eigenvalue weighted by Gasteiger charge is -2.35. The monoisotopic (exact) mass is 345 g/mol. The van der Waals surface area contributed by atoms with Crippen LogP contribution in [0.1, 0.15) is 23.6 Å². The van der Waals surface area contributed by atoms with E-state index in [9.17, 15) is 5.11 Å². The van der Waals surface area contributed by atoms with E-state index in [2.05, 4.69) is 60.8 Å². The van der Waals surface area contributed by atoms with E-state index >= 15 is 0 Å². The van der Waals surface area contributed by atoms with Crippen LogP contribution in [0, 0.1) is 0 Å². The Balaban J connectivity index is 1.82. The zero-order valence-electron chi connectivity index (χ0n) is 15.3. The topological polar surface area (TPSA) is 32.3 Å².